The fraction of sp³-hybridized carbons (Fsp3) is 0.333. The summed E-state index contributed by atoms with van der Waals surface area (Å²) in [6.45, 7) is 3.18. The second-order valence-electron chi connectivity index (χ2n) is 6.98. The monoisotopic (exact) mass is 349 g/mol. The number of hydrogen-bond donors (Lipinski definition) is 2. The molecule has 0 bridgehead atoms. The Labute approximate surface area is 153 Å². The second-order valence-corrected chi connectivity index (χ2v) is 6.98. The molecule has 26 heavy (non-hydrogen) atoms. The van der Waals surface area contributed by atoms with Gasteiger partial charge in [0.1, 0.15) is 0 Å². The van der Waals surface area contributed by atoms with Crippen molar-refractivity contribution < 1.29 is 9.59 Å². The number of carbonyl (C=O) groups is 2. The SMILES string of the molecule is CCNC(=O)N1CCc2ccc(NC(=O)C3(c4ccccc4)CC3)cc21. The molecule has 2 aromatic rings. The maximum atomic E-state index is 12.9. The molecule has 1 fully saturated rings. The lowest BCUT2D eigenvalue weighted by Crippen LogP contribution is -2.38. The molecule has 0 spiro atoms. The minimum absolute atomic E-state index is 0.0335. The van der Waals surface area contributed by atoms with Crippen molar-refractivity contribution in [3.8, 4) is 0 Å². The third kappa shape index (κ3) is 2.83. The smallest absolute Gasteiger partial charge is 0.321 e. The maximum Gasteiger partial charge on any atom is 0.321 e. The van der Waals surface area contributed by atoms with Crippen LogP contribution in [0.4, 0.5) is 16.2 Å². The normalized spacial score (nSPS) is 16.7. The first-order valence-corrected chi connectivity index (χ1v) is 9.19. The summed E-state index contributed by atoms with van der Waals surface area (Å²) in [5, 5.41) is 5.91. The molecule has 0 aromatic heterocycles. The van der Waals surface area contributed by atoms with Gasteiger partial charge in [-0.05, 0) is 49.4 Å². The van der Waals surface area contributed by atoms with E-state index in [-0.39, 0.29) is 11.9 Å². The summed E-state index contributed by atoms with van der Waals surface area (Å²) >= 11 is 0. The molecule has 1 aliphatic heterocycles. The second kappa shape index (κ2) is 6.48. The van der Waals surface area contributed by atoms with Gasteiger partial charge in [0.2, 0.25) is 5.91 Å². The number of benzene rings is 2. The summed E-state index contributed by atoms with van der Waals surface area (Å²) in [4.78, 5) is 26.9. The van der Waals surface area contributed by atoms with Gasteiger partial charge in [-0.15, -0.1) is 0 Å². The Balaban J connectivity index is 1.54. The van der Waals surface area contributed by atoms with Crippen LogP contribution in [0.2, 0.25) is 0 Å². The summed E-state index contributed by atoms with van der Waals surface area (Å²) in [5.74, 6) is 0.0335. The first kappa shape index (κ1) is 16.6. The molecule has 2 N–H and O–H groups in total. The number of nitrogens with one attached hydrogen (secondary N) is 2. The Morgan fingerprint density at radius 1 is 1.12 bits per heavy atom. The zero-order valence-corrected chi connectivity index (χ0v) is 14.9. The number of rotatable bonds is 4. The van der Waals surface area contributed by atoms with E-state index >= 15 is 0 Å². The van der Waals surface area contributed by atoms with Gasteiger partial charge in [0, 0.05) is 18.8 Å². The molecule has 134 valence electrons. The van der Waals surface area contributed by atoms with E-state index in [2.05, 4.69) is 10.6 Å². The average Bonchev–Trinajstić information content (AvgIpc) is 3.37. The van der Waals surface area contributed by atoms with E-state index in [9.17, 15) is 9.59 Å². The van der Waals surface area contributed by atoms with Gasteiger partial charge in [0.15, 0.2) is 0 Å². The zero-order valence-electron chi connectivity index (χ0n) is 14.9. The largest absolute Gasteiger partial charge is 0.338 e. The van der Waals surface area contributed by atoms with Crippen molar-refractivity contribution in [2.45, 2.75) is 31.6 Å². The van der Waals surface area contributed by atoms with Crippen LogP contribution in [0.5, 0.6) is 0 Å². The van der Waals surface area contributed by atoms with Crippen LogP contribution in [0.25, 0.3) is 0 Å². The Morgan fingerprint density at radius 3 is 2.58 bits per heavy atom. The lowest BCUT2D eigenvalue weighted by molar-refractivity contribution is -0.118. The van der Waals surface area contributed by atoms with Gasteiger partial charge in [0.25, 0.3) is 0 Å². The fourth-order valence-electron chi connectivity index (χ4n) is 3.69. The van der Waals surface area contributed by atoms with Gasteiger partial charge in [0.05, 0.1) is 11.1 Å². The van der Waals surface area contributed by atoms with Crippen LogP contribution in [0, 0.1) is 0 Å². The molecule has 0 radical (unpaired) electrons. The predicted molar refractivity (Wildman–Crippen MR) is 103 cm³/mol. The van der Waals surface area contributed by atoms with E-state index in [0.29, 0.717) is 13.1 Å². The van der Waals surface area contributed by atoms with Gasteiger partial charge in [-0.1, -0.05) is 36.4 Å². The molecule has 3 amide bonds. The number of anilines is 2. The van der Waals surface area contributed by atoms with Crippen LogP contribution in [-0.4, -0.2) is 25.0 Å². The number of nitrogens with zero attached hydrogens (tertiary/aromatic N) is 1. The lowest BCUT2D eigenvalue weighted by Gasteiger charge is -2.19. The summed E-state index contributed by atoms with van der Waals surface area (Å²) in [5.41, 5.74) is 3.44. The predicted octanol–water partition coefficient (Wildman–Crippen LogP) is 3.45. The number of amides is 3. The molecule has 1 heterocycles. The summed E-state index contributed by atoms with van der Waals surface area (Å²) < 4.78 is 0. The number of fused-ring (bicyclic) bond motifs is 1. The molecular weight excluding hydrogens is 326 g/mol. The summed E-state index contributed by atoms with van der Waals surface area (Å²) in [6, 6.07) is 15.7. The van der Waals surface area contributed by atoms with Crippen molar-refractivity contribution in [2.75, 3.05) is 23.3 Å². The van der Waals surface area contributed by atoms with Crippen LogP contribution >= 0.6 is 0 Å². The molecule has 4 rings (SSSR count). The summed E-state index contributed by atoms with van der Waals surface area (Å²) in [7, 11) is 0. The molecular formula is C21H23N3O2. The highest BCUT2D eigenvalue weighted by Gasteiger charge is 2.51. The van der Waals surface area contributed by atoms with Crippen molar-refractivity contribution in [2.24, 2.45) is 0 Å². The topological polar surface area (TPSA) is 61.4 Å². The van der Waals surface area contributed by atoms with Crippen LogP contribution in [0.15, 0.2) is 48.5 Å². The van der Waals surface area contributed by atoms with Gasteiger partial charge in [-0.3, -0.25) is 9.69 Å². The number of hydrogen-bond acceptors (Lipinski definition) is 2. The minimum Gasteiger partial charge on any atom is -0.338 e. The number of urea groups is 1. The van der Waals surface area contributed by atoms with Crippen LogP contribution in [0.1, 0.15) is 30.9 Å². The Bertz CT molecular complexity index is 844. The average molecular weight is 349 g/mol. The zero-order chi connectivity index (χ0) is 18.1. The maximum absolute atomic E-state index is 12.9. The Hall–Kier alpha value is -2.82. The molecule has 0 saturated heterocycles. The van der Waals surface area contributed by atoms with E-state index in [1.54, 1.807) is 4.90 Å². The summed E-state index contributed by atoms with van der Waals surface area (Å²) in [6.07, 6.45) is 2.59. The lowest BCUT2D eigenvalue weighted by atomic mass is 9.95. The molecule has 5 nitrogen and oxygen atoms in total. The first-order valence-electron chi connectivity index (χ1n) is 9.19. The van der Waals surface area contributed by atoms with Crippen molar-refractivity contribution in [3.63, 3.8) is 0 Å². The first-order chi connectivity index (χ1) is 12.6. The molecule has 0 unspecified atom stereocenters. The van der Waals surface area contributed by atoms with Crippen molar-refractivity contribution >= 4 is 23.3 Å². The highest BCUT2D eigenvalue weighted by atomic mass is 16.2. The van der Waals surface area contributed by atoms with E-state index in [0.717, 1.165) is 41.8 Å². The number of carbonyl (C=O) groups excluding carboxylic acids is 2. The van der Waals surface area contributed by atoms with E-state index in [1.807, 2.05) is 55.5 Å². The van der Waals surface area contributed by atoms with E-state index in [4.69, 9.17) is 0 Å². The molecule has 1 aliphatic carbocycles. The molecule has 5 heteroatoms. The van der Waals surface area contributed by atoms with Crippen molar-refractivity contribution in [1.29, 1.82) is 0 Å². The highest BCUT2D eigenvalue weighted by Crippen LogP contribution is 2.49. The Kier molecular flexibility index (Phi) is 4.15. The molecule has 2 aliphatic rings. The standard InChI is InChI=1S/C21H23N3O2/c1-2-22-20(26)24-13-10-15-8-9-17(14-18(15)24)23-19(25)21(11-12-21)16-6-4-3-5-7-16/h3-9,14H,2,10-13H2,1H3,(H,22,26)(H,23,25). The van der Waals surface area contributed by atoms with Gasteiger partial charge < -0.3 is 10.6 Å². The van der Waals surface area contributed by atoms with Crippen LogP contribution in [-0.2, 0) is 16.6 Å². The van der Waals surface area contributed by atoms with Crippen LogP contribution in [0.3, 0.4) is 0 Å². The third-order valence-corrected chi connectivity index (χ3v) is 5.32. The quantitative estimate of drug-likeness (QED) is 0.888. The fourth-order valence-corrected chi connectivity index (χ4v) is 3.69. The Morgan fingerprint density at radius 2 is 1.88 bits per heavy atom. The molecule has 2 aromatic carbocycles. The van der Waals surface area contributed by atoms with Gasteiger partial charge >= 0.3 is 6.03 Å². The highest BCUT2D eigenvalue weighted by molar-refractivity contribution is 6.02. The molecule has 1 saturated carbocycles. The van der Waals surface area contributed by atoms with Gasteiger partial charge in [-0.2, -0.15) is 0 Å². The van der Waals surface area contributed by atoms with Crippen molar-refractivity contribution in [3.05, 3.63) is 59.7 Å². The van der Waals surface area contributed by atoms with E-state index in [1.165, 1.54) is 0 Å². The van der Waals surface area contributed by atoms with Gasteiger partial charge in [-0.25, -0.2) is 4.79 Å². The molecule has 0 atom stereocenters. The van der Waals surface area contributed by atoms with Crippen LogP contribution < -0.4 is 15.5 Å². The van der Waals surface area contributed by atoms with E-state index < -0.39 is 5.41 Å². The van der Waals surface area contributed by atoms with Crippen molar-refractivity contribution in [1.82, 2.24) is 5.32 Å². The third-order valence-electron chi connectivity index (χ3n) is 5.32. The minimum atomic E-state index is -0.403.